The fourth-order valence-electron chi connectivity index (χ4n) is 3.87. The molecule has 1 aromatic carbocycles. The Kier molecular flexibility index (Phi) is 11.0. The van der Waals surface area contributed by atoms with Crippen LogP contribution in [0.5, 0.6) is 0 Å². The van der Waals surface area contributed by atoms with E-state index in [9.17, 15) is 0 Å². The number of aryl methyl sites for hydroxylation is 6. The van der Waals surface area contributed by atoms with Crippen LogP contribution in [0.25, 0.3) is 0 Å². The van der Waals surface area contributed by atoms with Crippen molar-refractivity contribution in [2.75, 3.05) is 0 Å². The summed E-state index contributed by atoms with van der Waals surface area (Å²) in [5, 5.41) is 14.0. The molecule has 0 N–H and O–H groups in total. The van der Waals surface area contributed by atoms with E-state index in [-0.39, 0.29) is 7.12 Å². The van der Waals surface area contributed by atoms with Gasteiger partial charge in [0.2, 0.25) is 0 Å². The molecular weight excluding hydrogens is 524 g/mol. The molecule has 0 amide bonds. The second kappa shape index (κ2) is 13.4. The van der Waals surface area contributed by atoms with Crippen molar-refractivity contribution in [2.45, 2.75) is 55.4 Å². The van der Waals surface area contributed by atoms with Crippen LogP contribution in [-0.2, 0) is 20.6 Å². The molecular formula is C28H37BN6Nb-3. The van der Waals surface area contributed by atoms with Gasteiger partial charge in [-0.05, 0) is 76.8 Å². The smallest absolute Gasteiger partial charge is 0.194 e. The summed E-state index contributed by atoms with van der Waals surface area (Å²) in [6, 6.07) is 16.6. The summed E-state index contributed by atoms with van der Waals surface area (Å²) in [4.78, 5) is 0. The number of hydrogen-bond acceptors (Lipinski definition) is 3. The Bertz CT molecular complexity index is 1200. The summed E-state index contributed by atoms with van der Waals surface area (Å²) in [5.74, 6) is 0. The van der Waals surface area contributed by atoms with Gasteiger partial charge < -0.3 is 20.7 Å². The van der Waals surface area contributed by atoms with Crippen molar-refractivity contribution >= 4 is 10.8 Å². The Hall–Kier alpha value is -2.86. The van der Waals surface area contributed by atoms with Crippen molar-refractivity contribution < 1.29 is 20.6 Å². The number of nitrogens with zero attached hydrogens (tertiary/aromatic N) is 6. The maximum atomic E-state index is 4.66. The largest absolute Gasteiger partial charge is 0.346 e. The van der Waals surface area contributed by atoms with Crippen LogP contribution in [0.2, 0.25) is 0 Å². The van der Waals surface area contributed by atoms with Gasteiger partial charge in [0.25, 0.3) is 7.12 Å². The molecule has 0 aliphatic carbocycles. The zero-order valence-electron chi connectivity index (χ0n) is 22.8. The van der Waals surface area contributed by atoms with E-state index in [1.807, 2.05) is 46.7 Å². The molecule has 0 bridgehead atoms. The topological polar surface area (TPSA) is 53.5 Å². The molecule has 3 aromatic heterocycles. The zero-order valence-corrected chi connectivity index (χ0v) is 25.0. The van der Waals surface area contributed by atoms with Crippen molar-refractivity contribution in [2.24, 2.45) is 0 Å². The van der Waals surface area contributed by atoms with Gasteiger partial charge in [0, 0.05) is 0 Å². The molecule has 0 aliphatic heterocycles. The molecule has 6 nitrogen and oxygen atoms in total. The quantitative estimate of drug-likeness (QED) is 0.241. The average Bonchev–Trinajstić information content (AvgIpc) is 3.50. The Labute approximate surface area is 229 Å². The van der Waals surface area contributed by atoms with Gasteiger partial charge in [0.1, 0.15) is 0 Å². The van der Waals surface area contributed by atoms with E-state index >= 15 is 0 Å². The Morgan fingerprint density at radius 3 is 1.39 bits per heavy atom. The fraction of sp³-hybridized carbons (Fsp3) is 0.286. The summed E-state index contributed by atoms with van der Waals surface area (Å²) in [7, 11) is -0.226. The fourth-order valence-corrected chi connectivity index (χ4v) is 4.46. The first-order valence-electron chi connectivity index (χ1n) is 12.0. The summed E-state index contributed by atoms with van der Waals surface area (Å²) >= 11 is 1.74. The minimum absolute atomic E-state index is 0.226. The van der Waals surface area contributed by atoms with Crippen molar-refractivity contribution in [1.82, 2.24) is 29.1 Å². The van der Waals surface area contributed by atoms with Gasteiger partial charge >= 0.3 is 85.7 Å². The molecule has 0 unspecified atom stereocenters. The molecule has 0 saturated heterocycles. The number of aromatic nitrogens is 6. The Balaban J connectivity index is 0.000000277. The SMILES string of the molecule is Cc1cc(C)n([B-](n2nc(C)cc2C)n2nc(C)cc2C)n1.[CH2-]/C=C(/C)[C](=[Nb])c1ccccc1.[CH2-]C. The van der Waals surface area contributed by atoms with Crippen LogP contribution in [0, 0.1) is 55.4 Å². The molecule has 1 radical (unpaired) electrons. The Morgan fingerprint density at radius 1 is 0.750 bits per heavy atom. The molecule has 190 valence electrons. The van der Waals surface area contributed by atoms with Crippen LogP contribution < -0.4 is 0 Å². The summed E-state index contributed by atoms with van der Waals surface area (Å²) < 4.78 is 7.29. The molecule has 0 atom stereocenters. The minimum atomic E-state index is -0.226. The van der Waals surface area contributed by atoms with Crippen LogP contribution >= 0.6 is 0 Å². The maximum Gasteiger partial charge on any atom is -0.194 e. The van der Waals surface area contributed by atoms with E-state index in [1.165, 1.54) is 14.9 Å². The van der Waals surface area contributed by atoms with Gasteiger partial charge in [0.05, 0.1) is 17.1 Å². The summed E-state index contributed by atoms with van der Waals surface area (Å²) in [6.45, 7) is 23.0. The summed E-state index contributed by atoms with van der Waals surface area (Å²) in [6.07, 6.45) is 1.90. The molecule has 0 spiro atoms. The van der Waals surface area contributed by atoms with Crippen LogP contribution in [0.15, 0.2) is 60.2 Å². The van der Waals surface area contributed by atoms with Crippen molar-refractivity contribution in [3.8, 4) is 0 Å². The maximum absolute atomic E-state index is 4.66. The Morgan fingerprint density at radius 2 is 1.11 bits per heavy atom. The number of benzene rings is 1. The molecule has 0 aliphatic rings. The predicted molar refractivity (Wildman–Crippen MR) is 148 cm³/mol. The van der Waals surface area contributed by atoms with Crippen LogP contribution in [0.1, 0.15) is 53.6 Å². The normalized spacial score (nSPS) is 11.0. The molecule has 0 fully saturated rings. The monoisotopic (exact) mass is 561 g/mol. The molecule has 36 heavy (non-hydrogen) atoms. The predicted octanol–water partition coefficient (Wildman–Crippen LogP) is 5.43. The number of rotatable bonds is 5. The second-order valence-corrected chi connectivity index (χ2v) is 9.66. The second-order valence-electron chi connectivity index (χ2n) is 8.56. The van der Waals surface area contributed by atoms with Crippen LogP contribution in [0.3, 0.4) is 0 Å². The first-order chi connectivity index (χ1) is 17.1. The first-order valence-corrected chi connectivity index (χ1v) is 13.1. The van der Waals surface area contributed by atoms with Gasteiger partial charge in [-0.15, -0.1) is 0 Å². The van der Waals surface area contributed by atoms with Crippen molar-refractivity contribution in [3.05, 3.63) is 114 Å². The van der Waals surface area contributed by atoms with Crippen LogP contribution in [0.4, 0.5) is 0 Å². The number of hydrogen-bond donors (Lipinski definition) is 0. The molecule has 8 heteroatoms. The van der Waals surface area contributed by atoms with Gasteiger partial charge in [0.15, 0.2) is 0 Å². The molecule has 4 aromatic rings. The van der Waals surface area contributed by atoms with Gasteiger partial charge in [-0.25, -0.2) is 15.3 Å². The van der Waals surface area contributed by atoms with E-state index in [0.29, 0.717) is 0 Å². The van der Waals surface area contributed by atoms with Crippen molar-refractivity contribution in [1.29, 1.82) is 0 Å². The zero-order chi connectivity index (χ0) is 27.0. The third-order valence-corrected chi connectivity index (χ3v) is 7.02. The molecule has 3 heterocycles. The van der Waals surface area contributed by atoms with Crippen LogP contribution in [-0.4, -0.2) is 39.9 Å². The third kappa shape index (κ3) is 7.09. The van der Waals surface area contributed by atoms with E-state index in [2.05, 4.69) is 99.3 Å². The average molecular weight is 561 g/mol. The van der Waals surface area contributed by atoms with Gasteiger partial charge in [-0.1, -0.05) is 0 Å². The third-order valence-electron chi connectivity index (χ3n) is 5.52. The van der Waals surface area contributed by atoms with E-state index in [0.717, 1.165) is 34.2 Å². The van der Waals surface area contributed by atoms with E-state index in [4.69, 9.17) is 0 Å². The van der Waals surface area contributed by atoms with E-state index in [1.54, 1.807) is 27.5 Å². The summed E-state index contributed by atoms with van der Waals surface area (Å²) in [5.41, 5.74) is 8.79. The van der Waals surface area contributed by atoms with Gasteiger partial charge in [-0.2, -0.15) is 6.92 Å². The van der Waals surface area contributed by atoms with E-state index < -0.39 is 0 Å². The van der Waals surface area contributed by atoms with Crippen molar-refractivity contribution in [3.63, 3.8) is 0 Å². The number of allylic oxidation sites excluding steroid dienone is 2. The minimum Gasteiger partial charge on any atom is -0.346 e. The standard InChI is InChI=1S/C15H21BN6.C11H11.C2H5.Nb/c1-10-7-13(4)20(17-10)16(21-14(5)8-11(2)18-21)22-15(6)9-12(3)19-22;1-3-10(2)9-11-7-5-4-6-8-11;1-2;/h7-9H,1-6H3;3-8H,1H2,2H3;1H2,2H3;/q3*-1;/b;10-3-;;. The van der Waals surface area contributed by atoms with Gasteiger partial charge in [-0.3, -0.25) is 0 Å². The molecule has 0 saturated carbocycles. The first kappa shape index (κ1) is 29.4. The molecule has 4 rings (SSSR count).